The van der Waals surface area contributed by atoms with E-state index in [1.54, 1.807) is 0 Å². The fourth-order valence-corrected chi connectivity index (χ4v) is 1.32. The topological polar surface area (TPSA) is 56.0 Å². The van der Waals surface area contributed by atoms with Gasteiger partial charge in [-0.1, -0.05) is 0 Å². The van der Waals surface area contributed by atoms with E-state index in [0.717, 1.165) is 0 Å². The smallest absolute Gasteiger partial charge is 0.358 e. The molecule has 0 unspecified atom stereocenters. The molecular weight excluding hydrogens is 237 g/mol. The maximum absolute atomic E-state index is 12.9. The first-order chi connectivity index (χ1) is 6.99. The number of rotatable bonds is 3. The second-order valence-electron chi connectivity index (χ2n) is 2.51. The minimum Gasteiger partial charge on any atom is -0.358 e. The van der Waals surface area contributed by atoms with Crippen molar-refractivity contribution >= 4 is 17.4 Å². The number of hydrogen-bond donors (Lipinski definition) is 0. The van der Waals surface area contributed by atoms with Crippen molar-refractivity contribution in [2.24, 2.45) is 0 Å². The van der Waals surface area contributed by atoms with Gasteiger partial charge < -0.3 is 10.1 Å². The number of halogens is 4. The highest BCUT2D eigenvalue weighted by atomic mass is 35.5. The Bertz CT molecular complexity index is 400. The third-order valence-corrected chi connectivity index (χ3v) is 1.94. The van der Waals surface area contributed by atoms with Crippen LogP contribution in [0, 0.1) is 15.9 Å². The molecule has 82 valence electrons. The molecule has 0 aliphatic heterocycles. The molecule has 0 fully saturated rings. The summed E-state index contributed by atoms with van der Waals surface area (Å²) in [6.07, 6.45) is -2.78. The SMILES string of the molecule is O=[N+]([O-])c1ncc(F)c(C(F)F)c1CCl. The van der Waals surface area contributed by atoms with Crippen LogP contribution in [0.5, 0.6) is 0 Å². The molecule has 8 heteroatoms. The normalized spacial score (nSPS) is 10.7. The third kappa shape index (κ3) is 2.17. The Morgan fingerprint density at radius 3 is 2.60 bits per heavy atom. The van der Waals surface area contributed by atoms with Gasteiger partial charge in [-0.2, -0.15) is 0 Å². The first kappa shape index (κ1) is 11.7. The van der Waals surface area contributed by atoms with E-state index in [0.29, 0.717) is 6.20 Å². The van der Waals surface area contributed by atoms with Crippen LogP contribution < -0.4 is 0 Å². The fraction of sp³-hybridized carbons (Fsp3) is 0.286. The van der Waals surface area contributed by atoms with Crippen LogP contribution in [0.25, 0.3) is 0 Å². The summed E-state index contributed by atoms with van der Waals surface area (Å²) < 4.78 is 37.6. The van der Waals surface area contributed by atoms with Crippen molar-refractivity contribution in [1.29, 1.82) is 0 Å². The third-order valence-electron chi connectivity index (χ3n) is 1.68. The molecule has 0 atom stereocenters. The van der Waals surface area contributed by atoms with E-state index in [2.05, 4.69) is 4.98 Å². The molecule has 15 heavy (non-hydrogen) atoms. The lowest BCUT2D eigenvalue weighted by molar-refractivity contribution is -0.390. The van der Waals surface area contributed by atoms with E-state index in [9.17, 15) is 23.3 Å². The Balaban J connectivity index is 3.47. The molecule has 0 saturated heterocycles. The van der Waals surface area contributed by atoms with Crippen molar-refractivity contribution in [2.75, 3.05) is 0 Å². The van der Waals surface area contributed by atoms with Crippen LogP contribution in [0.15, 0.2) is 6.20 Å². The van der Waals surface area contributed by atoms with Crippen LogP contribution in [0.2, 0.25) is 0 Å². The molecular formula is C7H4ClF3N2O2. The Hall–Kier alpha value is -1.37. The predicted molar refractivity (Wildman–Crippen MR) is 45.4 cm³/mol. The maximum atomic E-state index is 12.9. The average molecular weight is 241 g/mol. The molecule has 0 spiro atoms. The second kappa shape index (κ2) is 4.43. The number of nitro groups is 1. The molecule has 0 radical (unpaired) electrons. The highest BCUT2D eigenvalue weighted by Gasteiger charge is 2.27. The second-order valence-corrected chi connectivity index (χ2v) is 2.78. The minimum atomic E-state index is -3.17. The van der Waals surface area contributed by atoms with Crippen molar-refractivity contribution in [2.45, 2.75) is 12.3 Å². The van der Waals surface area contributed by atoms with Gasteiger partial charge in [-0.25, -0.2) is 13.2 Å². The first-order valence-electron chi connectivity index (χ1n) is 3.64. The van der Waals surface area contributed by atoms with Crippen molar-refractivity contribution in [3.8, 4) is 0 Å². The number of nitrogens with zero attached hydrogens (tertiary/aromatic N) is 2. The standard InChI is InChI=1S/C7H4ClF3N2O2/c8-1-3-5(6(10)11)4(9)2-12-7(3)13(14)15/h2,6H,1H2. The van der Waals surface area contributed by atoms with Crippen LogP contribution in [0.3, 0.4) is 0 Å². The summed E-state index contributed by atoms with van der Waals surface area (Å²) >= 11 is 5.25. The van der Waals surface area contributed by atoms with Gasteiger partial charge >= 0.3 is 5.82 Å². The van der Waals surface area contributed by atoms with Crippen LogP contribution >= 0.6 is 11.6 Å². The van der Waals surface area contributed by atoms with Crippen LogP contribution in [-0.2, 0) is 5.88 Å². The first-order valence-corrected chi connectivity index (χ1v) is 4.18. The number of pyridine rings is 1. The fourth-order valence-electron chi connectivity index (χ4n) is 1.05. The van der Waals surface area contributed by atoms with Gasteiger partial charge in [-0.3, -0.25) is 0 Å². The number of aromatic nitrogens is 1. The van der Waals surface area contributed by atoms with Crippen molar-refractivity contribution < 1.29 is 18.1 Å². The monoisotopic (exact) mass is 240 g/mol. The zero-order chi connectivity index (χ0) is 11.6. The lowest BCUT2D eigenvalue weighted by atomic mass is 10.1. The molecule has 0 bridgehead atoms. The molecule has 1 aromatic rings. The van der Waals surface area contributed by atoms with Gasteiger partial charge in [-0.15, -0.1) is 11.6 Å². The van der Waals surface area contributed by atoms with Crippen molar-refractivity contribution in [1.82, 2.24) is 4.98 Å². The van der Waals surface area contributed by atoms with Crippen LogP contribution in [-0.4, -0.2) is 9.91 Å². The van der Waals surface area contributed by atoms with E-state index in [1.807, 2.05) is 0 Å². The quantitative estimate of drug-likeness (QED) is 0.464. The van der Waals surface area contributed by atoms with E-state index < -0.39 is 40.0 Å². The molecule has 0 aliphatic carbocycles. The van der Waals surface area contributed by atoms with E-state index in [1.165, 1.54) is 0 Å². The molecule has 4 nitrogen and oxygen atoms in total. The Labute approximate surface area is 86.8 Å². The Morgan fingerprint density at radius 2 is 2.20 bits per heavy atom. The summed E-state index contributed by atoms with van der Waals surface area (Å²) in [7, 11) is 0. The zero-order valence-electron chi connectivity index (χ0n) is 7.08. The van der Waals surface area contributed by atoms with Gasteiger partial charge in [0.15, 0.2) is 12.0 Å². The zero-order valence-corrected chi connectivity index (χ0v) is 7.84. The molecule has 1 aromatic heterocycles. The summed E-state index contributed by atoms with van der Waals surface area (Å²) in [5.74, 6) is -2.74. The Kier molecular flexibility index (Phi) is 3.46. The maximum Gasteiger partial charge on any atom is 0.368 e. The minimum absolute atomic E-state index is 0.385. The summed E-state index contributed by atoms with van der Waals surface area (Å²) in [6, 6.07) is 0. The van der Waals surface area contributed by atoms with Crippen molar-refractivity contribution in [3.63, 3.8) is 0 Å². The van der Waals surface area contributed by atoms with Gasteiger partial charge in [0.25, 0.3) is 6.43 Å². The van der Waals surface area contributed by atoms with E-state index in [4.69, 9.17) is 11.6 Å². The van der Waals surface area contributed by atoms with Crippen molar-refractivity contribution in [3.05, 3.63) is 33.3 Å². The van der Waals surface area contributed by atoms with Crippen LogP contribution in [0.1, 0.15) is 17.6 Å². The molecule has 1 rings (SSSR count). The highest BCUT2D eigenvalue weighted by molar-refractivity contribution is 6.17. The Morgan fingerprint density at radius 1 is 1.60 bits per heavy atom. The predicted octanol–water partition coefficient (Wildman–Crippen LogP) is 2.81. The summed E-state index contributed by atoms with van der Waals surface area (Å²) in [4.78, 5) is 12.5. The molecule has 0 N–H and O–H groups in total. The molecule has 0 amide bonds. The lowest BCUT2D eigenvalue weighted by Crippen LogP contribution is -2.05. The molecule has 1 heterocycles. The van der Waals surface area contributed by atoms with Gasteiger partial charge in [0.1, 0.15) is 0 Å². The largest absolute Gasteiger partial charge is 0.368 e. The van der Waals surface area contributed by atoms with Crippen LogP contribution in [0.4, 0.5) is 19.0 Å². The lowest BCUT2D eigenvalue weighted by Gasteiger charge is -2.06. The van der Waals surface area contributed by atoms with E-state index >= 15 is 0 Å². The average Bonchev–Trinajstić information content (AvgIpc) is 2.15. The number of alkyl halides is 3. The molecule has 0 aromatic carbocycles. The summed E-state index contributed by atoms with van der Waals surface area (Å²) in [5.41, 5.74) is -1.65. The van der Waals surface area contributed by atoms with Gasteiger partial charge in [0, 0.05) is 0 Å². The van der Waals surface area contributed by atoms with Gasteiger partial charge in [0.05, 0.1) is 17.0 Å². The van der Waals surface area contributed by atoms with E-state index in [-0.39, 0.29) is 0 Å². The number of hydrogen-bond acceptors (Lipinski definition) is 3. The summed E-state index contributed by atoms with van der Waals surface area (Å²) in [6.45, 7) is 0. The summed E-state index contributed by atoms with van der Waals surface area (Å²) in [5, 5.41) is 10.4. The van der Waals surface area contributed by atoms with Gasteiger partial charge in [-0.05, 0) is 9.91 Å². The van der Waals surface area contributed by atoms with Gasteiger partial charge in [0.2, 0.25) is 0 Å². The molecule has 0 aliphatic rings. The molecule has 0 saturated carbocycles. The highest BCUT2D eigenvalue weighted by Crippen LogP contribution is 2.31.